The minimum absolute atomic E-state index is 0.0728. The van der Waals surface area contributed by atoms with Crippen LogP contribution in [0.3, 0.4) is 0 Å². The van der Waals surface area contributed by atoms with Crippen LogP contribution < -0.4 is 0 Å². The number of nitrogens with zero attached hydrogens (tertiary/aromatic N) is 1. The van der Waals surface area contributed by atoms with E-state index in [0.29, 0.717) is 19.7 Å². The fraction of sp³-hybridized carbons (Fsp3) is 0.500. The average Bonchev–Trinajstić information content (AvgIpc) is 3.29. The molecule has 1 aliphatic rings. The zero-order valence-corrected chi connectivity index (χ0v) is 12.2. The van der Waals surface area contributed by atoms with Gasteiger partial charge in [-0.05, 0) is 37.5 Å². The molecule has 1 saturated carbocycles. The van der Waals surface area contributed by atoms with E-state index in [2.05, 4.69) is 0 Å². The zero-order chi connectivity index (χ0) is 15.2. The molecule has 0 atom stereocenters. The van der Waals surface area contributed by atoms with Crippen LogP contribution in [0, 0.1) is 11.7 Å². The summed E-state index contributed by atoms with van der Waals surface area (Å²) in [7, 11) is 0. The van der Waals surface area contributed by atoms with Gasteiger partial charge in [-0.1, -0.05) is 12.1 Å². The van der Waals surface area contributed by atoms with Crippen molar-refractivity contribution in [3.05, 3.63) is 35.6 Å². The molecule has 1 aromatic carbocycles. The van der Waals surface area contributed by atoms with Crippen LogP contribution in [0.1, 0.15) is 31.7 Å². The van der Waals surface area contributed by atoms with Crippen LogP contribution in [0.2, 0.25) is 0 Å². The molecule has 21 heavy (non-hydrogen) atoms. The van der Waals surface area contributed by atoms with Gasteiger partial charge in [0.1, 0.15) is 5.82 Å². The van der Waals surface area contributed by atoms with Crippen molar-refractivity contribution >= 4 is 11.9 Å². The highest BCUT2D eigenvalue weighted by atomic mass is 19.1. The fourth-order valence-electron chi connectivity index (χ4n) is 2.13. The van der Waals surface area contributed by atoms with Gasteiger partial charge in [0.05, 0.1) is 13.0 Å². The lowest BCUT2D eigenvalue weighted by Gasteiger charge is -2.22. The predicted octanol–water partition coefficient (Wildman–Crippen LogP) is 2.52. The Balaban J connectivity index is 1.96. The van der Waals surface area contributed by atoms with Gasteiger partial charge in [0.15, 0.2) is 0 Å². The summed E-state index contributed by atoms with van der Waals surface area (Å²) < 4.78 is 17.8. The number of benzene rings is 1. The number of amides is 1. The molecule has 1 amide bonds. The van der Waals surface area contributed by atoms with Crippen LogP contribution in [0.4, 0.5) is 4.39 Å². The minimum atomic E-state index is -0.301. The Morgan fingerprint density at radius 1 is 1.29 bits per heavy atom. The molecule has 0 unspecified atom stereocenters. The number of halogens is 1. The Bertz CT molecular complexity index is 497. The van der Waals surface area contributed by atoms with Crippen molar-refractivity contribution in [1.82, 2.24) is 4.90 Å². The molecule has 4 nitrogen and oxygen atoms in total. The highest BCUT2D eigenvalue weighted by Crippen LogP contribution is 2.31. The Hall–Kier alpha value is -1.91. The monoisotopic (exact) mass is 293 g/mol. The number of ether oxygens (including phenoxy) is 1. The summed E-state index contributed by atoms with van der Waals surface area (Å²) >= 11 is 0. The number of carbonyl (C=O) groups is 2. The lowest BCUT2D eigenvalue weighted by atomic mass is 10.2. The van der Waals surface area contributed by atoms with Gasteiger partial charge in [0.25, 0.3) is 0 Å². The molecule has 0 N–H and O–H groups in total. The summed E-state index contributed by atoms with van der Waals surface area (Å²) in [4.78, 5) is 25.4. The average molecular weight is 293 g/mol. The van der Waals surface area contributed by atoms with Crippen molar-refractivity contribution in [1.29, 1.82) is 0 Å². The summed E-state index contributed by atoms with van der Waals surface area (Å²) in [5, 5.41) is 0. The van der Waals surface area contributed by atoms with Gasteiger partial charge in [0.2, 0.25) is 5.91 Å². The van der Waals surface area contributed by atoms with E-state index in [-0.39, 0.29) is 30.0 Å². The first-order valence-corrected chi connectivity index (χ1v) is 7.29. The van der Waals surface area contributed by atoms with Crippen LogP contribution in [-0.2, 0) is 20.9 Å². The third kappa shape index (κ3) is 4.85. The van der Waals surface area contributed by atoms with E-state index in [0.717, 1.165) is 18.4 Å². The van der Waals surface area contributed by atoms with Gasteiger partial charge in [-0.2, -0.15) is 0 Å². The van der Waals surface area contributed by atoms with Crippen molar-refractivity contribution in [3.8, 4) is 0 Å². The quantitative estimate of drug-likeness (QED) is 0.726. The molecule has 1 aliphatic carbocycles. The van der Waals surface area contributed by atoms with Gasteiger partial charge in [-0.25, -0.2) is 4.39 Å². The lowest BCUT2D eigenvalue weighted by Crippen LogP contribution is -2.34. The number of esters is 1. The largest absolute Gasteiger partial charge is 0.466 e. The Morgan fingerprint density at radius 2 is 1.95 bits per heavy atom. The van der Waals surface area contributed by atoms with E-state index in [1.165, 1.54) is 12.1 Å². The first-order chi connectivity index (χ1) is 10.1. The summed E-state index contributed by atoms with van der Waals surface area (Å²) in [5.74, 6) is -0.438. The number of hydrogen-bond donors (Lipinski definition) is 0. The maximum absolute atomic E-state index is 12.9. The fourth-order valence-corrected chi connectivity index (χ4v) is 2.13. The third-order valence-corrected chi connectivity index (χ3v) is 3.42. The van der Waals surface area contributed by atoms with Crippen LogP contribution in [0.25, 0.3) is 0 Å². The van der Waals surface area contributed by atoms with E-state index in [9.17, 15) is 14.0 Å². The highest BCUT2D eigenvalue weighted by molar-refractivity contribution is 5.81. The van der Waals surface area contributed by atoms with E-state index >= 15 is 0 Å². The molecule has 0 spiro atoms. The lowest BCUT2D eigenvalue weighted by molar-refractivity contribution is -0.144. The molecule has 5 heteroatoms. The molecule has 114 valence electrons. The summed E-state index contributed by atoms with van der Waals surface area (Å²) in [6, 6.07) is 6.07. The Morgan fingerprint density at radius 3 is 2.52 bits per heavy atom. The normalized spacial score (nSPS) is 13.8. The van der Waals surface area contributed by atoms with E-state index < -0.39 is 0 Å². The maximum atomic E-state index is 12.9. The highest BCUT2D eigenvalue weighted by Gasteiger charge is 2.33. The van der Waals surface area contributed by atoms with Crippen LogP contribution >= 0.6 is 0 Å². The van der Waals surface area contributed by atoms with Crippen LogP contribution in [-0.4, -0.2) is 29.9 Å². The molecule has 0 aromatic heterocycles. The van der Waals surface area contributed by atoms with Gasteiger partial charge >= 0.3 is 5.97 Å². The van der Waals surface area contributed by atoms with Crippen molar-refractivity contribution in [3.63, 3.8) is 0 Å². The van der Waals surface area contributed by atoms with E-state index in [4.69, 9.17) is 4.74 Å². The number of hydrogen-bond acceptors (Lipinski definition) is 3. The topological polar surface area (TPSA) is 46.6 Å². The molecule has 0 radical (unpaired) electrons. The first-order valence-electron chi connectivity index (χ1n) is 7.29. The second-order valence-corrected chi connectivity index (χ2v) is 5.22. The summed E-state index contributed by atoms with van der Waals surface area (Å²) in [6.45, 7) is 2.83. The van der Waals surface area contributed by atoms with E-state index in [1.54, 1.807) is 24.0 Å². The number of carbonyl (C=O) groups excluding carboxylic acids is 2. The molecule has 1 aromatic rings. The van der Waals surface area contributed by atoms with Crippen LogP contribution in [0.5, 0.6) is 0 Å². The molecular weight excluding hydrogens is 273 g/mol. The summed E-state index contributed by atoms with van der Waals surface area (Å²) in [5.41, 5.74) is 0.856. The predicted molar refractivity (Wildman–Crippen MR) is 75.8 cm³/mol. The Labute approximate surface area is 123 Å². The van der Waals surface area contributed by atoms with Gasteiger partial charge in [-0.15, -0.1) is 0 Å². The molecule has 0 aliphatic heterocycles. The number of rotatable bonds is 7. The van der Waals surface area contributed by atoms with Crippen molar-refractivity contribution < 1.29 is 18.7 Å². The van der Waals surface area contributed by atoms with E-state index in [1.807, 2.05) is 0 Å². The standard InChI is InChI=1S/C16H20FNO3/c1-2-21-15(19)9-10-18(16(20)13-5-6-13)11-12-3-7-14(17)8-4-12/h3-4,7-8,13H,2,5-6,9-11H2,1H3. The van der Waals surface area contributed by atoms with Crippen molar-refractivity contribution in [2.45, 2.75) is 32.7 Å². The second-order valence-electron chi connectivity index (χ2n) is 5.22. The maximum Gasteiger partial charge on any atom is 0.307 e. The smallest absolute Gasteiger partial charge is 0.307 e. The SMILES string of the molecule is CCOC(=O)CCN(Cc1ccc(F)cc1)C(=O)C1CC1. The van der Waals surface area contributed by atoms with Gasteiger partial charge in [-0.3, -0.25) is 9.59 Å². The first kappa shape index (κ1) is 15.5. The van der Waals surface area contributed by atoms with Crippen molar-refractivity contribution in [2.75, 3.05) is 13.2 Å². The molecule has 0 heterocycles. The molecule has 0 saturated heterocycles. The van der Waals surface area contributed by atoms with Gasteiger partial charge < -0.3 is 9.64 Å². The van der Waals surface area contributed by atoms with Crippen LogP contribution in [0.15, 0.2) is 24.3 Å². The Kier molecular flexibility index (Phi) is 5.31. The third-order valence-electron chi connectivity index (χ3n) is 3.42. The zero-order valence-electron chi connectivity index (χ0n) is 12.2. The summed E-state index contributed by atoms with van der Waals surface area (Å²) in [6.07, 6.45) is 2.02. The molecule has 1 fully saturated rings. The van der Waals surface area contributed by atoms with Crippen molar-refractivity contribution in [2.24, 2.45) is 5.92 Å². The molecule has 0 bridgehead atoms. The minimum Gasteiger partial charge on any atom is -0.466 e. The molecular formula is C16H20FNO3. The molecule has 2 rings (SSSR count). The van der Waals surface area contributed by atoms with Gasteiger partial charge in [0, 0.05) is 19.0 Å². The second kappa shape index (κ2) is 7.20.